The van der Waals surface area contributed by atoms with Gasteiger partial charge in [-0.1, -0.05) is 0 Å². The van der Waals surface area contributed by atoms with Crippen LogP contribution in [0.1, 0.15) is 26.7 Å². The van der Waals surface area contributed by atoms with Gasteiger partial charge < -0.3 is 15.5 Å². The predicted octanol–water partition coefficient (Wildman–Crippen LogP) is 0.442. The van der Waals surface area contributed by atoms with Crippen LogP contribution in [0.15, 0.2) is 0 Å². The highest BCUT2D eigenvalue weighted by Gasteiger charge is 2.34. The maximum Gasteiger partial charge on any atom is 0.227 e. The van der Waals surface area contributed by atoms with Crippen LogP contribution in [0.2, 0.25) is 0 Å². The van der Waals surface area contributed by atoms with E-state index in [9.17, 15) is 4.79 Å². The van der Waals surface area contributed by atoms with Gasteiger partial charge in [-0.25, -0.2) is 0 Å². The number of nitrogens with one attached hydrogen (secondary N) is 2. The number of carbonyl (C=O) groups excluding carboxylic acids is 1. The lowest BCUT2D eigenvalue weighted by Gasteiger charge is -2.33. The summed E-state index contributed by atoms with van der Waals surface area (Å²) in [5.41, 5.74) is -0.218. The highest BCUT2D eigenvalue weighted by atomic mass is 16.2. The summed E-state index contributed by atoms with van der Waals surface area (Å²) in [7, 11) is 4.06. The van der Waals surface area contributed by atoms with Crippen molar-refractivity contribution in [3.05, 3.63) is 0 Å². The van der Waals surface area contributed by atoms with E-state index in [-0.39, 0.29) is 11.3 Å². The van der Waals surface area contributed by atoms with Crippen LogP contribution in [0, 0.1) is 5.41 Å². The van der Waals surface area contributed by atoms with Gasteiger partial charge in [-0.2, -0.15) is 0 Å². The normalized spacial score (nSPS) is 27.8. The van der Waals surface area contributed by atoms with E-state index in [0.717, 1.165) is 32.5 Å². The fraction of sp³-hybridized carbons (Fsp3) is 0.917. The number of likely N-dealkylation sites (N-methyl/N-ethyl adjacent to an activating group) is 1. The van der Waals surface area contributed by atoms with E-state index in [1.165, 1.54) is 0 Å². The minimum absolute atomic E-state index is 0.188. The molecule has 0 aromatic heterocycles. The van der Waals surface area contributed by atoms with Crippen molar-refractivity contribution >= 4 is 5.91 Å². The van der Waals surface area contributed by atoms with Crippen LogP contribution in [0.5, 0.6) is 0 Å². The average molecular weight is 227 g/mol. The Morgan fingerprint density at radius 2 is 2.25 bits per heavy atom. The Labute approximate surface area is 98.8 Å². The number of hydrogen-bond donors (Lipinski definition) is 2. The summed E-state index contributed by atoms with van der Waals surface area (Å²) in [6, 6.07) is 0.379. The number of hydrogen-bond acceptors (Lipinski definition) is 3. The van der Waals surface area contributed by atoms with Crippen LogP contribution in [-0.2, 0) is 4.79 Å². The zero-order chi connectivity index (χ0) is 12.2. The second-order valence-corrected chi connectivity index (χ2v) is 5.36. The van der Waals surface area contributed by atoms with E-state index in [4.69, 9.17) is 0 Å². The Hall–Kier alpha value is -0.610. The topological polar surface area (TPSA) is 44.4 Å². The van der Waals surface area contributed by atoms with E-state index in [1.54, 1.807) is 0 Å². The third kappa shape index (κ3) is 3.46. The lowest BCUT2D eigenvalue weighted by Crippen LogP contribution is -2.50. The number of carbonyl (C=O) groups is 1. The molecule has 0 aromatic rings. The highest BCUT2D eigenvalue weighted by Crippen LogP contribution is 2.25. The molecule has 94 valence electrons. The fourth-order valence-electron chi connectivity index (χ4n) is 1.89. The zero-order valence-electron chi connectivity index (χ0n) is 11.0. The molecular weight excluding hydrogens is 202 g/mol. The molecule has 0 saturated carbocycles. The SMILES string of the molecule is CC(CNC(=O)C1(C)CCCNC1)N(C)C. The fourth-order valence-corrected chi connectivity index (χ4v) is 1.89. The minimum Gasteiger partial charge on any atom is -0.354 e. The molecule has 1 amide bonds. The number of rotatable bonds is 4. The smallest absolute Gasteiger partial charge is 0.227 e. The van der Waals surface area contributed by atoms with Crippen molar-refractivity contribution in [3.8, 4) is 0 Å². The van der Waals surface area contributed by atoms with E-state index in [2.05, 4.69) is 29.4 Å². The van der Waals surface area contributed by atoms with Crippen molar-refractivity contribution in [2.24, 2.45) is 5.41 Å². The molecule has 16 heavy (non-hydrogen) atoms. The first kappa shape index (κ1) is 13.5. The van der Waals surface area contributed by atoms with E-state index < -0.39 is 0 Å². The Kier molecular flexibility index (Phi) is 4.74. The summed E-state index contributed by atoms with van der Waals surface area (Å²) in [6.45, 7) is 6.73. The lowest BCUT2D eigenvalue weighted by molar-refractivity contribution is -0.131. The molecule has 4 heteroatoms. The highest BCUT2D eigenvalue weighted by molar-refractivity contribution is 5.82. The molecule has 1 aliphatic heterocycles. The molecule has 0 bridgehead atoms. The Morgan fingerprint density at radius 3 is 2.75 bits per heavy atom. The van der Waals surface area contributed by atoms with Gasteiger partial charge in [0.25, 0.3) is 0 Å². The Morgan fingerprint density at radius 1 is 1.56 bits per heavy atom. The summed E-state index contributed by atoms with van der Waals surface area (Å²) in [5.74, 6) is 0.188. The molecule has 4 nitrogen and oxygen atoms in total. The standard InChI is InChI=1S/C12H25N3O/c1-10(15(3)4)8-14-11(16)12(2)6-5-7-13-9-12/h10,13H,5-9H2,1-4H3,(H,14,16). The van der Waals surface area contributed by atoms with Crippen LogP contribution >= 0.6 is 0 Å². The summed E-state index contributed by atoms with van der Waals surface area (Å²) in [5, 5.41) is 6.35. The molecule has 1 saturated heterocycles. The first-order valence-electron chi connectivity index (χ1n) is 6.11. The van der Waals surface area contributed by atoms with Crippen molar-refractivity contribution in [3.63, 3.8) is 0 Å². The molecule has 2 atom stereocenters. The Bertz CT molecular complexity index is 234. The van der Waals surface area contributed by atoms with Crippen molar-refractivity contribution in [2.45, 2.75) is 32.7 Å². The molecule has 1 rings (SSSR count). The minimum atomic E-state index is -0.218. The van der Waals surface area contributed by atoms with Gasteiger partial charge in [-0.3, -0.25) is 4.79 Å². The van der Waals surface area contributed by atoms with Gasteiger partial charge in [-0.05, 0) is 47.3 Å². The van der Waals surface area contributed by atoms with Gasteiger partial charge in [0.1, 0.15) is 0 Å². The number of piperidine rings is 1. The first-order chi connectivity index (χ1) is 7.46. The van der Waals surface area contributed by atoms with E-state index >= 15 is 0 Å². The summed E-state index contributed by atoms with van der Waals surface area (Å²) >= 11 is 0. The number of nitrogens with zero attached hydrogens (tertiary/aromatic N) is 1. The summed E-state index contributed by atoms with van der Waals surface area (Å²) in [6.07, 6.45) is 2.08. The van der Waals surface area contributed by atoms with Crippen molar-refractivity contribution in [1.82, 2.24) is 15.5 Å². The van der Waals surface area contributed by atoms with Crippen molar-refractivity contribution in [1.29, 1.82) is 0 Å². The molecule has 1 aliphatic rings. The van der Waals surface area contributed by atoms with Gasteiger partial charge in [0, 0.05) is 19.1 Å². The second kappa shape index (κ2) is 5.64. The van der Waals surface area contributed by atoms with Crippen LogP contribution in [0.3, 0.4) is 0 Å². The molecular formula is C12H25N3O. The Balaban J connectivity index is 2.39. The molecule has 0 radical (unpaired) electrons. The van der Waals surface area contributed by atoms with Crippen LogP contribution < -0.4 is 10.6 Å². The monoisotopic (exact) mass is 227 g/mol. The quantitative estimate of drug-likeness (QED) is 0.732. The third-order valence-corrected chi connectivity index (χ3v) is 3.59. The first-order valence-corrected chi connectivity index (χ1v) is 6.11. The summed E-state index contributed by atoms with van der Waals surface area (Å²) in [4.78, 5) is 14.2. The van der Waals surface area contributed by atoms with E-state index in [0.29, 0.717) is 6.04 Å². The molecule has 0 aliphatic carbocycles. The average Bonchev–Trinajstić information content (AvgIpc) is 2.26. The second-order valence-electron chi connectivity index (χ2n) is 5.36. The largest absolute Gasteiger partial charge is 0.354 e. The van der Waals surface area contributed by atoms with Crippen LogP contribution in [-0.4, -0.2) is 50.6 Å². The third-order valence-electron chi connectivity index (χ3n) is 3.59. The zero-order valence-corrected chi connectivity index (χ0v) is 11.0. The van der Waals surface area contributed by atoms with Gasteiger partial charge >= 0.3 is 0 Å². The maximum absolute atomic E-state index is 12.1. The molecule has 0 aromatic carbocycles. The molecule has 0 spiro atoms. The van der Waals surface area contributed by atoms with Crippen LogP contribution in [0.25, 0.3) is 0 Å². The van der Waals surface area contributed by atoms with Crippen molar-refractivity contribution < 1.29 is 4.79 Å². The molecule has 1 heterocycles. The van der Waals surface area contributed by atoms with Crippen LogP contribution in [0.4, 0.5) is 0 Å². The van der Waals surface area contributed by atoms with E-state index in [1.807, 2.05) is 14.1 Å². The lowest BCUT2D eigenvalue weighted by atomic mass is 9.82. The maximum atomic E-state index is 12.1. The predicted molar refractivity (Wildman–Crippen MR) is 66.4 cm³/mol. The number of amides is 1. The molecule has 1 fully saturated rings. The van der Waals surface area contributed by atoms with Gasteiger partial charge in [0.05, 0.1) is 5.41 Å². The summed E-state index contributed by atoms with van der Waals surface area (Å²) < 4.78 is 0. The van der Waals surface area contributed by atoms with Gasteiger partial charge in [0.15, 0.2) is 0 Å². The van der Waals surface area contributed by atoms with Crippen molar-refractivity contribution in [2.75, 3.05) is 33.7 Å². The molecule has 2 N–H and O–H groups in total. The molecule has 2 unspecified atom stereocenters. The van der Waals surface area contributed by atoms with Gasteiger partial charge in [-0.15, -0.1) is 0 Å². The van der Waals surface area contributed by atoms with Gasteiger partial charge in [0.2, 0.25) is 5.91 Å².